The van der Waals surface area contributed by atoms with Gasteiger partial charge in [-0.05, 0) is 31.0 Å². The van der Waals surface area contributed by atoms with Crippen molar-refractivity contribution in [3.63, 3.8) is 0 Å². The van der Waals surface area contributed by atoms with E-state index in [4.69, 9.17) is 5.73 Å². The molecule has 0 heterocycles. The fraction of sp³-hybridized carbons (Fsp3) is 0.278. The summed E-state index contributed by atoms with van der Waals surface area (Å²) in [6.07, 6.45) is 0.617. The molecule has 2 aromatic rings. The summed E-state index contributed by atoms with van der Waals surface area (Å²) in [7, 11) is -3.63. The Morgan fingerprint density at radius 2 is 1.62 bits per heavy atom. The van der Waals surface area contributed by atoms with Gasteiger partial charge in [-0.25, -0.2) is 8.42 Å². The zero-order chi connectivity index (χ0) is 17.6. The number of benzene rings is 2. The van der Waals surface area contributed by atoms with Crippen molar-refractivity contribution in [2.45, 2.75) is 18.2 Å². The van der Waals surface area contributed by atoms with Crippen LogP contribution in [0.25, 0.3) is 0 Å². The monoisotopic (exact) mass is 346 g/mol. The molecule has 0 unspecified atom stereocenters. The number of nitrogens with zero attached hydrogens (tertiary/aromatic N) is 1. The number of sulfonamides is 1. The van der Waals surface area contributed by atoms with E-state index in [9.17, 15) is 13.2 Å². The van der Waals surface area contributed by atoms with Gasteiger partial charge in [0.1, 0.15) is 0 Å². The largest absolute Gasteiger partial charge is 0.329 e. The van der Waals surface area contributed by atoms with Crippen molar-refractivity contribution in [3.05, 3.63) is 65.7 Å². The van der Waals surface area contributed by atoms with E-state index in [0.717, 1.165) is 5.56 Å². The first-order valence-corrected chi connectivity index (χ1v) is 9.24. The van der Waals surface area contributed by atoms with Crippen LogP contribution >= 0.6 is 0 Å². The molecule has 0 aliphatic carbocycles. The maximum Gasteiger partial charge on any atom is 0.243 e. The zero-order valence-electron chi connectivity index (χ0n) is 13.7. The molecule has 128 valence electrons. The third-order valence-electron chi connectivity index (χ3n) is 3.77. The Morgan fingerprint density at radius 3 is 2.17 bits per heavy atom. The van der Waals surface area contributed by atoms with E-state index in [1.807, 2.05) is 30.3 Å². The quantitative estimate of drug-likeness (QED) is 0.742. The molecule has 0 bridgehead atoms. The van der Waals surface area contributed by atoms with E-state index >= 15 is 0 Å². The highest BCUT2D eigenvalue weighted by Gasteiger charge is 2.23. The molecule has 2 rings (SSSR count). The summed E-state index contributed by atoms with van der Waals surface area (Å²) < 4.78 is 27.0. The van der Waals surface area contributed by atoms with Gasteiger partial charge < -0.3 is 5.73 Å². The standard InChI is InChI=1S/C18H22N2O3S/c1-15(21)17-7-9-18(10-8-17)24(22,23)20(14-12-19)13-11-16-5-3-2-4-6-16/h2-10H,11-14,19H2,1H3. The van der Waals surface area contributed by atoms with Crippen LogP contribution in [0.1, 0.15) is 22.8 Å². The highest BCUT2D eigenvalue weighted by Crippen LogP contribution is 2.17. The molecule has 5 nitrogen and oxygen atoms in total. The minimum absolute atomic E-state index is 0.0955. The zero-order valence-corrected chi connectivity index (χ0v) is 14.5. The minimum atomic E-state index is -3.63. The van der Waals surface area contributed by atoms with E-state index in [1.54, 1.807) is 0 Å². The van der Waals surface area contributed by atoms with E-state index in [0.29, 0.717) is 18.5 Å². The number of rotatable bonds is 8. The normalized spacial score (nSPS) is 11.6. The van der Waals surface area contributed by atoms with Crippen molar-refractivity contribution in [1.82, 2.24) is 4.31 Å². The average Bonchev–Trinajstić information content (AvgIpc) is 2.59. The molecular formula is C18H22N2O3S. The van der Waals surface area contributed by atoms with Crippen LogP contribution in [0.5, 0.6) is 0 Å². The predicted molar refractivity (Wildman–Crippen MR) is 94.4 cm³/mol. The SMILES string of the molecule is CC(=O)c1ccc(S(=O)(=O)N(CCN)CCc2ccccc2)cc1. The van der Waals surface area contributed by atoms with Crippen molar-refractivity contribution in [2.24, 2.45) is 5.73 Å². The van der Waals surface area contributed by atoms with Gasteiger partial charge >= 0.3 is 0 Å². The lowest BCUT2D eigenvalue weighted by Gasteiger charge is -2.21. The lowest BCUT2D eigenvalue weighted by Crippen LogP contribution is -2.36. The van der Waals surface area contributed by atoms with Crippen molar-refractivity contribution in [1.29, 1.82) is 0 Å². The van der Waals surface area contributed by atoms with Crippen molar-refractivity contribution in [3.8, 4) is 0 Å². The van der Waals surface area contributed by atoms with Gasteiger partial charge in [0, 0.05) is 25.2 Å². The number of carbonyl (C=O) groups is 1. The number of nitrogens with two attached hydrogens (primary N) is 1. The van der Waals surface area contributed by atoms with Gasteiger partial charge in [0.25, 0.3) is 0 Å². The summed E-state index contributed by atoms with van der Waals surface area (Å²) in [6, 6.07) is 15.7. The third-order valence-corrected chi connectivity index (χ3v) is 5.68. The van der Waals surface area contributed by atoms with Crippen LogP contribution in [0.2, 0.25) is 0 Å². The lowest BCUT2D eigenvalue weighted by atomic mass is 10.1. The summed E-state index contributed by atoms with van der Waals surface area (Å²) in [5, 5.41) is 0. The fourth-order valence-corrected chi connectivity index (χ4v) is 3.86. The summed E-state index contributed by atoms with van der Waals surface area (Å²) >= 11 is 0. The summed E-state index contributed by atoms with van der Waals surface area (Å²) in [5.41, 5.74) is 7.15. The molecule has 0 aliphatic heterocycles. The van der Waals surface area contributed by atoms with Gasteiger partial charge in [-0.15, -0.1) is 0 Å². The molecular weight excluding hydrogens is 324 g/mol. The van der Waals surface area contributed by atoms with Gasteiger partial charge in [0.2, 0.25) is 10.0 Å². The molecule has 0 aromatic heterocycles. The first kappa shape index (κ1) is 18.3. The average molecular weight is 346 g/mol. The maximum atomic E-state index is 12.8. The Balaban J connectivity index is 2.19. The van der Waals surface area contributed by atoms with Gasteiger partial charge in [0.05, 0.1) is 4.90 Å². The molecule has 6 heteroatoms. The Bertz CT molecular complexity index is 772. The van der Waals surface area contributed by atoms with Gasteiger partial charge in [-0.1, -0.05) is 42.5 Å². The molecule has 24 heavy (non-hydrogen) atoms. The highest BCUT2D eigenvalue weighted by molar-refractivity contribution is 7.89. The van der Waals surface area contributed by atoms with Gasteiger partial charge in [-0.3, -0.25) is 4.79 Å². The summed E-state index contributed by atoms with van der Waals surface area (Å²) in [5.74, 6) is -0.0955. The molecule has 0 radical (unpaired) electrons. The van der Waals surface area contributed by atoms with Crippen LogP contribution in [0.4, 0.5) is 0 Å². The van der Waals surface area contributed by atoms with Crippen LogP contribution in [0.3, 0.4) is 0 Å². The topological polar surface area (TPSA) is 80.5 Å². The second kappa shape index (κ2) is 8.19. The smallest absolute Gasteiger partial charge is 0.243 e. The fourth-order valence-electron chi connectivity index (χ4n) is 2.41. The van der Waals surface area contributed by atoms with E-state index < -0.39 is 10.0 Å². The Kier molecular flexibility index (Phi) is 6.25. The van der Waals surface area contributed by atoms with E-state index in [-0.39, 0.29) is 23.8 Å². The van der Waals surface area contributed by atoms with Crippen molar-refractivity contribution < 1.29 is 13.2 Å². The van der Waals surface area contributed by atoms with E-state index in [2.05, 4.69) is 0 Å². The molecule has 0 fully saturated rings. The van der Waals surface area contributed by atoms with Gasteiger partial charge in [0.15, 0.2) is 5.78 Å². The van der Waals surface area contributed by atoms with Crippen LogP contribution in [0.15, 0.2) is 59.5 Å². The number of Topliss-reactive ketones (excluding diaryl/α,β-unsaturated/α-hetero) is 1. The molecule has 0 saturated carbocycles. The van der Waals surface area contributed by atoms with E-state index in [1.165, 1.54) is 35.5 Å². The van der Waals surface area contributed by atoms with Gasteiger partial charge in [-0.2, -0.15) is 4.31 Å². The second-order valence-electron chi connectivity index (χ2n) is 5.51. The van der Waals surface area contributed by atoms with Crippen LogP contribution in [-0.2, 0) is 16.4 Å². The second-order valence-corrected chi connectivity index (χ2v) is 7.45. The summed E-state index contributed by atoms with van der Waals surface area (Å²) in [6.45, 7) is 2.31. The molecule has 0 aliphatic rings. The summed E-state index contributed by atoms with van der Waals surface area (Å²) in [4.78, 5) is 11.5. The molecule has 2 aromatic carbocycles. The minimum Gasteiger partial charge on any atom is -0.329 e. The van der Waals surface area contributed by atoms with Crippen LogP contribution < -0.4 is 5.73 Å². The molecule has 0 saturated heterocycles. The first-order valence-electron chi connectivity index (χ1n) is 7.80. The Morgan fingerprint density at radius 1 is 1.00 bits per heavy atom. The number of hydrogen-bond donors (Lipinski definition) is 1. The van der Waals surface area contributed by atoms with Crippen LogP contribution in [-0.4, -0.2) is 38.1 Å². The number of hydrogen-bond acceptors (Lipinski definition) is 4. The maximum absolute atomic E-state index is 12.8. The lowest BCUT2D eigenvalue weighted by molar-refractivity contribution is 0.101. The highest BCUT2D eigenvalue weighted by atomic mass is 32.2. The molecule has 0 amide bonds. The number of carbonyl (C=O) groups excluding carboxylic acids is 1. The Hall–Kier alpha value is -2.02. The molecule has 0 atom stereocenters. The van der Waals surface area contributed by atoms with Crippen molar-refractivity contribution >= 4 is 15.8 Å². The number of ketones is 1. The van der Waals surface area contributed by atoms with Crippen LogP contribution in [0, 0.1) is 0 Å². The first-order chi connectivity index (χ1) is 11.4. The van der Waals surface area contributed by atoms with Crippen molar-refractivity contribution in [2.75, 3.05) is 19.6 Å². The molecule has 2 N–H and O–H groups in total. The predicted octanol–water partition coefficient (Wildman–Crippen LogP) is 2.08. The molecule has 0 spiro atoms. The Labute approximate surface area is 143 Å². The third kappa shape index (κ3) is 4.50.